The molecule has 0 radical (unpaired) electrons. The maximum absolute atomic E-state index is 12.7. The molecule has 2 aromatic rings. The molecule has 0 spiro atoms. The third-order valence-corrected chi connectivity index (χ3v) is 6.74. The summed E-state index contributed by atoms with van der Waals surface area (Å²) in [4.78, 5) is 6.85. The van der Waals surface area contributed by atoms with Crippen LogP contribution in [0.25, 0.3) is 10.8 Å². The van der Waals surface area contributed by atoms with E-state index in [1.807, 2.05) is 6.07 Å². The summed E-state index contributed by atoms with van der Waals surface area (Å²) in [6.07, 6.45) is 5.73. The predicted molar refractivity (Wildman–Crippen MR) is 89.6 cm³/mol. The highest BCUT2D eigenvalue weighted by Crippen LogP contribution is 2.32. The van der Waals surface area contributed by atoms with E-state index in [4.69, 9.17) is 0 Å². The molecule has 5 rings (SSSR count). The third-order valence-electron chi connectivity index (χ3n) is 5.26. The van der Waals surface area contributed by atoms with Crippen molar-refractivity contribution in [2.24, 2.45) is 11.8 Å². The molecule has 6 heteroatoms. The molecule has 0 aliphatic carbocycles. The van der Waals surface area contributed by atoms with Crippen LogP contribution in [0, 0.1) is 11.8 Å². The standard InChI is InChI=1S/C17H21N3O2S/c21-23(22,17-3-1-2-14-10-18-7-4-16(14)17)19-11-15-12-20-8-5-13(15)6-9-20/h1-4,7,10,13,15,19H,5-6,8-9,11-12H2. The van der Waals surface area contributed by atoms with E-state index in [-0.39, 0.29) is 0 Å². The number of hydrogen-bond acceptors (Lipinski definition) is 4. The SMILES string of the molecule is O=S(=O)(NCC1CN2CCC1CC2)c1cccc2cnccc12. The Bertz CT molecular complexity index is 808. The number of piperidine rings is 3. The number of sulfonamides is 1. The number of rotatable bonds is 4. The molecule has 23 heavy (non-hydrogen) atoms. The van der Waals surface area contributed by atoms with Crippen LogP contribution in [0.1, 0.15) is 12.8 Å². The first-order valence-corrected chi connectivity index (χ1v) is 9.66. The van der Waals surface area contributed by atoms with Crippen LogP contribution in [-0.4, -0.2) is 44.5 Å². The van der Waals surface area contributed by atoms with Gasteiger partial charge in [0.25, 0.3) is 0 Å². The molecule has 3 saturated heterocycles. The molecule has 1 unspecified atom stereocenters. The number of nitrogens with one attached hydrogen (secondary N) is 1. The molecule has 5 nitrogen and oxygen atoms in total. The van der Waals surface area contributed by atoms with Crippen molar-refractivity contribution < 1.29 is 8.42 Å². The van der Waals surface area contributed by atoms with Gasteiger partial charge in [0.05, 0.1) is 4.90 Å². The Balaban J connectivity index is 1.55. The van der Waals surface area contributed by atoms with Gasteiger partial charge in [-0.15, -0.1) is 0 Å². The quantitative estimate of drug-likeness (QED) is 0.929. The average molecular weight is 331 g/mol. The van der Waals surface area contributed by atoms with E-state index in [0.717, 1.165) is 17.3 Å². The maximum atomic E-state index is 12.7. The maximum Gasteiger partial charge on any atom is 0.241 e. The highest BCUT2D eigenvalue weighted by Gasteiger charge is 2.34. The van der Waals surface area contributed by atoms with Crippen molar-refractivity contribution in [3.63, 3.8) is 0 Å². The fourth-order valence-electron chi connectivity index (χ4n) is 3.94. The third kappa shape index (κ3) is 2.86. The zero-order chi connectivity index (χ0) is 15.9. The Kier molecular flexibility index (Phi) is 3.83. The van der Waals surface area contributed by atoms with Gasteiger partial charge >= 0.3 is 0 Å². The van der Waals surface area contributed by atoms with E-state index in [1.165, 1.54) is 25.9 Å². The summed E-state index contributed by atoms with van der Waals surface area (Å²) in [5.41, 5.74) is 0. The Hall–Kier alpha value is -1.50. The lowest BCUT2D eigenvalue weighted by Gasteiger charge is -2.44. The molecular formula is C17H21N3O2S. The van der Waals surface area contributed by atoms with Crippen LogP contribution in [0.3, 0.4) is 0 Å². The topological polar surface area (TPSA) is 62.3 Å². The molecule has 3 aliphatic rings. The largest absolute Gasteiger partial charge is 0.303 e. The van der Waals surface area contributed by atoms with E-state index in [1.54, 1.807) is 30.6 Å². The van der Waals surface area contributed by atoms with Crippen LogP contribution < -0.4 is 4.72 Å². The molecule has 3 aliphatic heterocycles. The molecular weight excluding hydrogens is 310 g/mol. The van der Waals surface area contributed by atoms with Crippen molar-refractivity contribution >= 4 is 20.8 Å². The van der Waals surface area contributed by atoms with E-state index >= 15 is 0 Å². The van der Waals surface area contributed by atoms with Gasteiger partial charge in [-0.1, -0.05) is 12.1 Å². The molecule has 122 valence electrons. The fraction of sp³-hybridized carbons (Fsp3) is 0.471. The lowest BCUT2D eigenvalue weighted by Crippen LogP contribution is -2.50. The zero-order valence-corrected chi connectivity index (χ0v) is 13.8. The van der Waals surface area contributed by atoms with Gasteiger partial charge in [0, 0.05) is 36.3 Å². The molecule has 0 saturated carbocycles. The van der Waals surface area contributed by atoms with Gasteiger partial charge in [0.15, 0.2) is 0 Å². The van der Waals surface area contributed by atoms with Crippen molar-refractivity contribution in [3.05, 3.63) is 36.7 Å². The van der Waals surface area contributed by atoms with Gasteiger partial charge in [0.1, 0.15) is 0 Å². The minimum absolute atomic E-state index is 0.346. The van der Waals surface area contributed by atoms with Crippen LogP contribution in [0.15, 0.2) is 41.6 Å². The Morgan fingerprint density at radius 1 is 1.22 bits per heavy atom. The fourth-order valence-corrected chi connectivity index (χ4v) is 5.26. The summed E-state index contributed by atoms with van der Waals surface area (Å²) >= 11 is 0. The second kappa shape index (κ2) is 5.85. The molecule has 4 heterocycles. The first-order valence-electron chi connectivity index (χ1n) is 8.18. The van der Waals surface area contributed by atoms with Gasteiger partial charge in [-0.2, -0.15) is 0 Å². The monoisotopic (exact) mass is 331 g/mol. The number of fused-ring (bicyclic) bond motifs is 4. The summed E-state index contributed by atoms with van der Waals surface area (Å²) in [7, 11) is -3.50. The smallest absolute Gasteiger partial charge is 0.241 e. The number of nitrogens with zero attached hydrogens (tertiary/aromatic N) is 2. The molecule has 0 amide bonds. The number of pyridine rings is 1. The lowest BCUT2D eigenvalue weighted by atomic mass is 9.79. The van der Waals surface area contributed by atoms with Crippen LogP contribution in [0.4, 0.5) is 0 Å². The van der Waals surface area contributed by atoms with Crippen LogP contribution in [0.5, 0.6) is 0 Å². The van der Waals surface area contributed by atoms with Crippen molar-refractivity contribution in [2.45, 2.75) is 17.7 Å². The van der Waals surface area contributed by atoms with E-state index in [9.17, 15) is 8.42 Å². The zero-order valence-electron chi connectivity index (χ0n) is 13.0. The van der Waals surface area contributed by atoms with Gasteiger partial charge < -0.3 is 4.90 Å². The predicted octanol–water partition coefficient (Wildman–Crippen LogP) is 1.85. The lowest BCUT2D eigenvalue weighted by molar-refractivity contribution is 0.0537. The summed E-state index contributed by atoms with van der Waals surface area (Å²) in [5, 5.41) is 1.57. The Morgan fingerprint density at radius 2 is 2.04 bits per heavy atom. The van der Waals surface area contributed by atoms with Gasteiger partial charge in [-0.3, -0.25) is 4.98 Å². The van der Waals surface area contributed by atoms with Crippen LogP contribution in [-0.2, 0) is 10.0 Å². The number of aromatic nitrogens is 1. The number of benzene rings is 1. The van der Waals surface area contributed by atoms with Gasteiger partial charge in [0.2, 0.25) is 10.0 Å². The van der Waals surface area contributed by atoms with Crippen molar-refractivity contribution in [3.8, 4) is 0 Å². The second-order valence-corrected chi connectivity index (χ2v) is 8.34. The van der Waals surface area contributed by atoms with Crippen LogP contribution in [0.2, 0.25) is 0 Å². The normalized spacial score (nSPS) is 27.4. The van der Waals surface area contributed by atoms with Crippen molar-refractivity contribution in [2.75, 3.05) is 26.2 Å². The molecule has 3 fully saturated rings. The first kappa shape index (κ1) is 15.1. The molecule has 1 aromatic heterocycles. The van der Waals surface area contributed by atoms with Crippen molar-refractivity contribution in [1.29, 1.82) is 0 Å². The highest BCUT2D eigenvalue weighted by molar-refractivity contribution is 7.89. The molecule has 1 aromatic carbocycles. The molecule has 1 atom stereocenters. The molecule has 1 N–H and O–H groups in total. The summed E-state index contributed by atoms with van der Waals surface area (Å²) < 4.78 is 28.3. The van der Waals surface area contributed by atoms with Crippen LogP contribution >= 0.6 is 0 Å². The Morgan fingerprint density at radius 3 is 2.78 bits per heavy atom. The number of hydrogen-bond donors (Lipinski definition) is 1. The Labute approximate surface area is 136 Å². The summed E-state index contributed by atoms with van der Waals surface area (Å²) in [6.45, 7) is 3.89. The molecule has 2 bridgehead atoms. The van der Waals surface area contributed by atoms with Crippen molar-refractivity contribution in [1.82, 2.24) is 14.6 Å². The van der Waals surface area contributed by atoms with Gasteiger partial charge in [-0.05, 0) is 49.9 Å². The summed E-state index contributed by atoms with van der Waals surface area (Å²) in [5.74, 6) is 1.10. The average Bonchev–Trinajstić information content (AvgIpc) is 2.60. The van der Waals surface area contributed by atoms with Gasteiger partial charge in [-0.25, -0.2) is 13.1 Å². The van der Waals surface area contributed by atoms with E-state index in [2.05, 4.69) is 14.6 Å². The minimum Gasteiger partial charge on any atom is -0.303 e. The van der Waals surface area contributed by atoms with E-state index in [0.29, 0.717) is 23.3 Å². The highest BCUT2D eigenvalue weighted by atomic mass is 32.2. The summed E-state index contributed by atoms with van der Waals surface area (Å²) in [6, 6.07) is 7.08. The minimum atomic E-state index is -3.50. The second-order valence-electron chi connectivity index (χ2n) is 6.60. The first-order chi connectivity index (χ1) is 11.1. The van der Waals surface area contributed by atoms with E-state index < -0.39 is 10.0 Å².